The summed E-state index contributed by atoms with van der Waals surface area (Å²) in [5.74, 6) is -0.195. The van der Waals surface area contributed by atoms with E-state index in [0.717, 1.165) is 5.56 Å². The Balaban J connectivity index is 1.66. The zero-order chi connectivity index (χ0) is 22.9. The van der Waals surface area contributed by atoms with Gasteiger partial charge >= 0.3 is 0 Å². The van der Waals surface area contributed by atoms with Crippen molar-refractivity contribution in [1.29, 1.82) is 5.26 Å². The second kappa shape index (κ2) is 8.54. The minimum absolute atomic E-state index is 0.0345. The molecule has 3 aromatic rings. The number of carbonyl (C=O) groups excluding carboxylic acids is 1. The van der Waals surface area contributed by atoms with Crippen molar-refractivity contribution >= 4 is 38.9 Å². The molecule has 0 fully saturated rings. The van der Waals surface area contributed by atoms with Crippen LogP contribution in [0.25, 0.3) is 0 Å². The normalized spacial score (nSPS) is 12.7. The molecule has 7 nitrogen and oxygen atoms in total. The first kappa shape index (κ1) is 21.7. The summed E-state index contributed by atoms with van der Waals surface area (Å²) in [4.78, 5) is 12.7. The highest BCUT2D eigenvalue weighted by atomic mass is 35.5. The minimum Gasteiger partial charge on any atom is -0.495 e. The predicted octanol–water partition coefficient (Wildman–Crippen LogP) is 4.22. The number of hydrogen-bond donors (Lipinski definition) is 1. The summed E-state index contributed by atoms with van der Waals surface area (Å²) in [6.45, 7) is 0.244. The largest absolute Gasteiger partial charge is 0.495 e. The van der Waals surface area contributed by atoms with E-state index in [2.05, 4.69) is 5.32 Å². The van der Waals surface area contributed by atoms with Gasteiger partial charge in [-0.25, -0.2) is 8.42 Å². The zero-order valence-corrected chi connectivity index (χ0v) is 18.6. The number of nitriles is 1. The average molecular weight is 468 g/mol. The lowest BCUT2D eigenvalue weighted by atomic mass is 10.1. The van der Waals surface area contributed by atoms with E-state index in [0.29, 0.717) is 28.9 Å². The van der Waals surface area contributed by atoms with Crippen molar-refractivity contribution in [2.75, 3.05) is 23.3 Å². The Labute approximate surface area is 190 Å². The van der Waals surface area contributed by atoms with Crippen LogP contribution < -0.4 is 14.4 Å². The van der Waals surface area contributed by atoms with Crippen LogP contribution in [0.15, 0.2) is 65.6 Å². The molecule has 0 saturated carbocycles. The maximum atomic E-state index is 13.4. The van der Waals surface area contributed by atoms with Crippen LogP contribution in [0.5, 0.6) is 5.75 Å². The van der Waals surface area contributed by atoms with Crippen LogP contribution >= 0.6 is 11.6 Å². The number of halogens is 1. The van der Waals surface area contributed by atoms with Gasteiger partial charge in [-0.2, -0.15) is 5.26 Å². The van der Waals surface area contributed by atoms with Crippen molar-refractivity contribution in [3.05, 3.63) is 82.4 Å². The molecule has 0 aromatic heterocycles. The molecule has 0 atom stereocenters. The molecule has 32 heavy (non-hydrogen) atoms. The third kappa shape index (κ3) is 4.00. The van der Waals surface area contributed by atoms with Gasteiger partial charge in [-0.1, -0.05) is 17.7 Å². The maximum Gasteiger partial charge on any atom is 0.268 e. The first-order chi connectivity index (χ1) is 15.3. The van der Waals surface area contributed by atoms with E-state index in [4.69, 9.17) is 21.6 Å². The summed E-state index contributed by atoms with van der Waals surface area (Å²) >= 11 is 6.04. The Morgan fingerprint density at radius 2 is 1.88 bits per heavy atom. The third-order valence-electron chi connectivity index (χ3n) is 5.17. The fraction of sp³-hybridized carbons (Fsp3) is 0.130. The van der Waals surface area contributed by atoms with Crippen LogP contribution in [0.2, 0.25) is 5.02 Å². The zero-order valence-electron chi connectivity index (χ0n) is 17.0. The van der Waals surface area contributed by atoms with Gasteiger partial charge in [-0.05, 0) is 66.6 Å². The van der Waals surface area contributed by atoms with Gasteiger partial charge in [-0.3, -0.25) is 9.10 Å². The smallest absolute Gasteiger partial charge is 0.268 e. The summed E-state index contributed by atoms with van der Waals surface area (Å²) in [6, 6.07) is 17.9. The number of fused-ring (bicyclic) bond motifs is 1. The Morgan fingerprint density at radius 3 is 2.56 bits per heavy atom. The van der Waals surface area contributed by atoms with Gasteiger partial charge < -0.3 is 10.1 Å². The van der Waals surface area contributed by atoms with Crippen molar-refractivity contribution in [3.63, 3.8) is 0 Å². The maximum absolute atomic E-state index is 13.4. The monoisotopic (exact) mass is 467 g/mol. The number of hydrogen-bond acceptors (Lipinski definition) is 5. The van der Waals surface area contributed by atoms with Gasteiger partial charge in [0.25, 0.3) is 15.9 Å². The van der Waals surface area contributed by atoms with E-state index in [1.165, 1.54) is 23.5 Å². The molecular formula is C23H18ClN3O4S. The van der Waals surface area contributed by atoms with Crippen molar-refractivity contribution in [2.45, 2.75) is 11.3 Å². The van der Waals surface area contributed by atoms with Crippen molar-refractivity contribution in [1.82, 2.24) is 0 Å². The molecular weight excluding hydrogens is 450 g/mol. The van der Waals surface area contributed by atoms with Crippen LogP contribution in [0.4, 0.5) is 11.4 Å². The molecule has 1 amide bonds. The standard InChI is InChI=1S/C23H18ClN3O4S/c1-31-21-9-6-18(24)13-22(21)32(29,30)27-11-10-16-4-5-17(12-20(16)27)23(28)26-19-7-2-15(14-25)3-8-19/h2-9,12-13H,10-11H2,1H3,(H,26,28). The van der Waals surface area contributed by atoms with E-state index in [1.807, 2.05) is 6.07 Å². The lowest BCUT2D eigenvalue weighted by Gasteiger charge is -2.21. The number of methoxy groups -OCH3 is 1. The summed E-state index contributed by atoms with van der Waals surface area (Å²) in [7, 11) is -2.57. The summed E-state index contributed by atoms with van der Waals surface area (Å²) in [5.41, 5.74) is 2.60. The van der Waals surface area contributed by atoms with Crippen molar-refractivity contribution in [2.24, 2.45) is 0 Å². The topological polar surface area (TPSA) is 99.5 Å². The number of ether oxygens (including phenoxy) is 1. The quantitative estimate of drug-likeness (QED) is 0.605. The molecule has 0 spiro atoms. The first-order valence-corrected chi connectivity index (χ1v) is 11.5. The number of anilines is 2. The highest BCUT2D eigenvalue weighted by molar-refractivity contribution is 7.93. The molecule has 162 valence electrons. The molecule has 0 saturated heterocycles. The Kier molecular flexibility index (Phi) is 5.78. The second-order valence-electron chi connectivity index (χ2n) is 7.11. The molecule has 0 unspecified atom stereocenters. The molecule has 9 heteroatoms. The number of nitrogens with zero attached hydrogens (tertiary/aromatic N) is 2. The molecule has 4 rings (SSSR count). The molecule has 3 aromatic carbocycles. The predicted molar refractivity (Wildman–Crippen MR) is 122 cm³/mol. The summed E-state index contributed by atoms with van der Waals surface area (Å²) < 4.78 is 33.3. The number of amides is 1. The van der Waals surface area contributed by atoms with Gasteiger partial charge in [-0.15, -0.1) is 0 Å². The van der Waals surface area contributed by atoms with E-state index in [9.17, 15) is 13.2 Å². The molecule has 0 aliphatic carbocycles. The molecule has 1 aliphatic rings. The lowest BCUT2D eigenvalue weighted by Crippen LogP contribution is -2.29. The third-order valence-corrected chi connectivity index (χ3v) is 7.24. The van der Waals surface area contributed by atoms with Crippen LogP contribution in [0.3, 0.4) is 0 Å². The highest BCUT2D eigenvalue weighted by Crippen LogP contribution is 2.37. The number of nitrogens with one attached hydrogen (secondary N) is 1. The second-order valence-corrected chi connectivity index (χ2v) is 9.38. The van der Waals surface area contributed by atoms with Gasteiger partial charge in [0.1, 0.15) is 10.6 Å². The van der Waals surface area contributed by atoms with Gasteiger partial charge in [0, 0.05) is 22.8 Å². The Bertz CT molecular complexity index is 1350. The number of benzene rings is 3. The number of sulfonamides is 1. The molecule has 1 N–H and O–H groups in total. The molecule has 1 heterocycles. The van der Waals surface area contributed by atoms with E-state index in [1.54, 1.807) is 48.5 Å². The van der Waals surface area contributed by atoms with E-state index in [-0.39, 0.29) is 28.1 Å². The lowest BCUT2D eigenvalue weighted by molar-refractivity contribution is 0.102. The minimum atomic E-state index is -3.96. The van der Waals surface area contributed by atoms with Crippen molar-refractivity contribution < 1.29 is 17.9 Å². The van der Waals surface area contributed by atoms with Crippen LogP contribution in [0, 0.1) is 11.3 Å². The van der Waals surface area contributed by atoms with Gasteiger partial charge in [0.05, 0.1) is 24.4 Å². The summed E-state index contributed by atoms with van der Waals surface area (Å²) in [5, 5.41) is 11.9. The van der Waals surface area contributed by atoms with Crippen LogP contribution in [-0.4, -0.2) is 28.0 Å². The Morgan fingerprint density at radius 1 is 1.12 bits per heavy atom. The SMILES string of the molecule is COc1ccc(Cl)cc1S(=O)(=O)N1CCc2ccc(C(=O)Nc3ccc(C#N)cc3)cc21. The average Bonchev–Trinajstić information content (AvgIpc) is 3.23. The molecule has 1 aliphatic heterocycles. The van der Waals surface area contributed by atoms with Crippen LogP contribution in [0.1, 0.15) is 21.5 Å². The highest BCUT2D eigenvalue weighted by Gasteiger charge is 2.33. The molecule has 0 bridgehead atoms. The van der Waals surface area contributed by atoms with Gasteiger partial charge in [0.2, 0.25) is 0 Å². The fourth-order valence-electron chi connectivity index (χ4n) is 3.54. The van der Waals surface area contributed by atoms with E-state index >= 15 is 0 Å². The van der Waals surface area contributed by atoms with Gasteiger partial charge in [0.15, 0.2) is 0 Å². The van der Waals surface area contributed by atoms with Crippen molar-refractivity contribution in [3.8, 4) is 11.8 Å². The Hall–Kier alpha value is -3.54. The summed E-state index contributed by atoms with van der Waals surface area (Å²) in [6.07, 6.45) is 0.523. The van der Waals surface area contributed by atoms with Crippen LogP contribution in [-0.2, 0) is 16.4 Å². The molecule has 0 radical (unpaired) electrons. The van der Waals surface area contributed by atoms with E-state index < -0.39 is 10.0 Å². The number of carbonyl (C=O) groups is 1. The first-order valence-electron chi connectivity index (χ1n) is 9.64. The number of rotatable bonds is 5. The fourth-order valence-corrected chi connectivity index (χ4v) is 5.46.